The fourth-order valence-electron chi connectivity index (χ4n) is 2.99. The Balaban J connectivity index is 1.97. The third-order valence-electron chi connectivity index (χ3n) is 4.25. The summed E-state index contributed by atoms with van der Waals surface area (Å²) in [6.45, 7) is 7.50. The topological polar surface area (TPSA) is 89.2 Å². The van der Waals surface area contributed by atoms with Crippen molar-refractivity contribution in [2.24, 2.45) is 17.1 Å². The molecule has 0 radical (unpaired) electrons. The van der Waals surface area contributed by atoms with E-state index < -0.39 is 5.91 Å². The summed E-state index contributed by atoms with van der Waals surface area (Å²) >= 11 is 0. The summed E-state index contributed by atoms with van der Waals surface area (Å²) in [6, 6.07) is 1.67. The van der Waals surface area contributed by atoms with Gasteiger partial charge in [-0.05, 0) is 37.7 Å². The number of aromatic nitrogens is 2. The number of primary amides is 1. The van der Waals surface area contributed by atoms with Crippen LogP contribution in [0.4, 0.5) is 0 Å². The van der Waals surface area contributed by atoms with E-state index in [-0.39, 0.29) is 17.0 Å². The maximum absolute atomic E-state index is 12.4. The highest BCUT2D eigenvalue weighted by Gasteiger charge is 2.29. The predicted octanol–water partition coefficient (Wildman–Crippen LogP) is 1.79. The fraction of sp³-hybridized carbons (Fsp3) is 0.647. The molecular formula is C17H26N4O2. The van der Waals surface area contributed by atoms with Crippen LogP contribution in [0, 0.1) is 11.3 Å². The molecule has 1 fully saturated rings. The first-order chi connectivity index (χ1) is 10.8. The third kappa shape index (κ3) is 4.74. The minimum absolute atomic E-state index is 0.219. The van der Waals surface area contributed by atoms with Gasteiger partial charge in [-0.15, -0.1) is 0 Å². The zero-order valence-electron chi connectivity index (χ0n) is 14.2. The quantitative estimate of drug-likeness (QED) is 0.920. The molecule has 6 heteroatoms. The molecule has 1 saturated heterocycles. The Morgan fingerprint density at radius 3 is 2.65 bits per heavy atom. The molecule has 2 heterocycles. The van der Waals surface area contributed by atoms with Crippen molar-refractivity contribution >= 4 is 11.8 Å². The molecule has 0 aromatic carbocycles. The summed E-state index contributed by atoms with van der Waals surface area (Å²) < 4.78 is 0. The average molecular weight is 318 g/mol. The van der Waals surface area contributed by atoms with Gasteiger partial charge in [-0.25, -0.2) is 9.97 Å². The van der Waals surface area contributed by atoms with Gasteiger partial charge in [0.2, 0.25) is 5.91 Å². The van der Waals surface area contributed by atoms with Gasteiger partial charge in [-0.2, -0.15) is 0 Å². The van der Waals surface area contributed by atoms with Crippen molar-refractivity contribution in [2.75, 3.05) is 13.1 Å². The molecule has 2 rings (SSSR count). The second kappa shape index (κ2) is 7.06. The van der Waals surface area contributed by atoms with Crippen molar-refractivity contribution in [2.45, 2.75) is 46.5 Å². The lowest BCUT2D eigenvalue weighted by Crippen LogP contribution is -2.40. The first-order valence-electron chi connectivity index (χ1n) is 8.17. The second-order valence-corrected chi connectivity index (χ2v) is 7.30. The zero-order valence-corrected chi connectivity index (χ0v) is 14.2. The molecule has 1 aliphatic heterocycles. The monoisotopic (exact) mass is 318 g/mol. The van der Waals surface area contributed by atoms with Crippen molar-refractivity contribution in [1.29, 1.82) is 0 Å². The van der Waals surface area contributed by atoms with Crippen LogP contribution in [-0.4, -0.2) is 39.8 Å². The number of likely N-dealkylation sites (tertiary alicyclic amines) is 1. The van der Waals surface area contributed by atoms with E-state index in [0.29, 0.717) is 5.92 Å². The number of nitrogens with two attached hydrogens (primary N) is 1. The number of rotatable bonds is 3. The zero-order chi connectivity index (χ0) is 17.0. The van der Waals surface area contributed by atoms with Crippen molar-refractivity contribution < 1.29 is 9.59 Å². The van der Waals surface area contributed by atoms with Gasteiger partial charge in [0.25, 0.3) is 5.91 Å². The normalized spacial score (nSPS) is 19.3. The van der Waals surface area contributed by atoms with E-state index in [1.54, 1.807) is 6.07 Å². The summed E-state index contributed by atoms with van der Waals surface area (Å²) in [5.74, 6) is 0.149. The molecule has 0 spiro atoms. The molecule has 0 saturated carbocycles. The largest absolute Gasteiger partial charge is 0.364 e. The standard InChI is InChI=1S/C17H26N4O2/c1-17(2,3)16(23)21-7-4-5-12(6-8-21)9-13-10-14(15(18)22)20-11-19-13/h10-12H,4-9H2,1-3H3,(H2,18,22). The molecule has 2 amide bonds. The van der Waals surface area contributed by atoms with Crippen LogP contribution in [0.2, 0.25) is 0 Å². The van der Waals surface area contributed by atoms with Crippen LogP contribution in [-0.2, 0) is 11.2 Å². The summed E-state index contributed by atoms with van der Waals surface area (Å²) in [5.41, 5.74) is 6.03. The van der Waals surface area contributed by atoms with Crippen LogP contribution in [0.5, 0.6) is 0 Å². The summed E-state index contributed by atoms with van der Waals surface area (Å²) in [7, 11) is 0. The summed E-state index contributed by atoms with van der Waals surface area (Å²) in [6.07, 6.45) is 5.20. The van der Waals surface area contributed by atoms with Crippen LogP contribution < -0.4 is 5.73 Å². The SMILES string of the molecule is CC(C)(C)C(=O)N1CCCC(Cc2cc(C(N)=O)ncn2)CC1. The summed E-state index contributed by atoms with van der Waals surface area (Å²) in [4.78, 5) is 33.7. The van der Waals surface area contributed by atoms with Crippen molar-refractivity contribution in [3.05, 3.63) is 23.8 Å². The molecule has 6 nitrogen and oxygen atoms in total. The fourth-order valence-corrected chi connectivity index (χ4v) is 2.99. The number of nitrogens with zero attached hydrogens (tertiary/aromatic N) is 3. The molecule has 1 aliphatic rings. The molecule has 2 N–H and O–H groups in total. The van der Waals surface area contributed by atoms with Gasteiger partial charge in [0.05, 0.1) is 0 Å². The lowest BCUT2D eigenvalue weighted by molar-refractivity contribution is -0.139. The van der Waals surface area contributed by atoms with Crippen molar-refractivity contribution in [3.8, 4) is 0 Å². The van der Waals surface area contributed by atoms with Gasteiger partial charge in [0, 0.05) is 24.2 Å². The molecule has 1 unspecified atom stereocenters. The van der Waals surface area contributed by atoms with E-state index in [2.05, 4.69) is 9.97 Å². The Bertz CT molecular complexity index is 580. The molecule has 1 aromatic rings. The van der Waals surface area contributed by atoms with Crippen LogP contribution in [0.3, 0.4) is 0 Å². The molecule has 0 bridgehead atoms. The molecule has 23 heavy (non-hydrogen) atoms. The van der Waals surface area contributed by atoms with Crippen molar-refractivity contribution in [1.82, 2.24) is 14.9 Å². The number of carbonyl (C=O) groups is 2. The molecular weight excluding hydrogens is 292 g/mol. The first kappa shape index (κ1) is 17.4. The third-order valence-corrected chi connectivity index (χ3v) is 4.25. The number of hydrogen-bond donors (Lipinski definition) is 1. The minimum Gasteiger partial charge on any atom is -0.364 e. The van der Waals surface area contributed by atoms with E-state index in [9.17, 15) is 9.59 Å². The van der Waals surface area contributed by atoms with Gasteiger partial charge in [0.15, 0.2) is 0 Å². The second-order valence-electron chi connectivity index (χ2n) is 7.30. The number of carbonyl (C=O) groups excluding carboxylic acids is 2. The van der Waals surface area contributed by atoms with E-state index in [1.807, 2.05) is 25.7 Å². The Labute approximate surface area is 137 Å². The van der Waals surface area contributed by atoms with E-state index in [0.717, 1.165) is 44.5 Å². The van der Waals surface area contributed by atoms with Crippen LogP contribution in [0.1, 0.15) is 56.2 Å². The summed E-state index contributed by atoms with van der Waals surface area (Å²) in [5, 5.41) is 0. The maximum Gasteiger partial charge on any atom is 0.267 e. The van der Waals surface area contributed by atoms with Crippen molar-refractivity contribution in [3.63, 3.8) is 0 Å². The molecule has 1 atom stereocenters. The lowest BCUT2D eigenvalue weighted by atomic mass is 9.94. The first-order valence-corrected chi connectivity index (χ1v) is 8.17. The highest BCUT2D eigenvalue weighted by Crippen LogP contribution is 2.25. The van der Waals surface area contributed by atoms with Crippen LogP contribution >= 0.6 is 0 Å². The Hall–Kier alpha value is -1.98. The Kier molecular flexibility index (Phi) is 5.34. The lowest BCUT2D eigenvalue weighted by Gasteiger charge is -2.28. The van der Waals surface area contributed by atoms with Crippen LogP contribution in [0.25, 0.3) is 0 Å². The maximum atomic E-state index is 12.4. The number of hydrogen-bond acceptors (Lipinski definition) is 4. The Morgan fingerprint density at radius 2 is 2.00 bits per heavy atom. The Morgan fingerprint density at radius 1 is 1.26 bits per heavy atom. The van der Waals surface area contributed by atoms with Gasteiger partial charge in [-0.3, -0.25) is 9.59 Å². The molecule has 126 valence electrons. The van der Waals surface area contributed by atoms with E-state index in [4.69, 9.17) is 5.73 Å². The smallest absolute Gasteiger partial charge is 0.267 e. The highest BCUT2D eigenvalue weighted by atomic mass is 16.2. The van der Waals surface area contributed by atoms with E-state index in [1.165, 1.54) is 6.33 Å². The highest BCUT2D eigenvalue weighted by molar-refractivity contribution is 5.90. The van der Waals surface area contributed by atoms with Crippen LogP contribution in [0.15, 0.2) is 12.4 Å². The number of amides is 2. The predicted molar refractivity (Wildman–Crippen MR) is 87.6 cm³/mol. The van der Waals surface area contributed by atoms with E-state index >= 15 is 0 Å². The van der Waals surface area contributed by atoms with Gasteiger partial charge < -0.3 is 10.6 Å². The molecule has 1 aromatic heterocycles. The van der Waals surface area contributed by atoms with Gasteiger partial charge >= 0.3 is 0 Å². The van der Waals surface area contributed by atoms with Gasteiger partial charge in [0.1, 0.15) is 12.0 Å². The minimum atomic E-state index is -0.531. The average Bonchev–Trinajstić information content (AvgIpc) is 2.71. The van der Waals surface area contributed by atoms with Gasteiger partial charge in [-0.1, -0.05) is 20.8 Å². The molecule has 0 aliphatic carbocycles.